The number of hydrogen-bond acceptors (Lipinski definition) is 3. The monoisotopic (exact) mass is 379 g/mol. The van der Waals surface area contributed by atoms with Gasteiger partial charge < -0.3 is 10.6 Å². The predicted molar refractivity (Wildman–Crippen MR) is 109 cm³/mol. The minimum Gasteiger partial charge on any atom is -0.352 e. The number of nitriles is 1. The highest BCUT2D eigenvalue weighted by Crippen LogP contribution is 2.20. The molecule has 1 aliphatic heterocycles. The van der Waals surface area contributed by atoms with Crippen molar-refractivity contribution in [2.24, 2.45) is 4.99 Å². The third-order valence-corrected chi connectivity index (χ3v) is 5.12. The number of hydrogen-bond donors (Lipinski definition) is 2. The first-order chi connectivity index (χ1) is 13.6. The van der Waals surface area contributed by atoms with Crippen molar-refractivity contribution in [3.63, 3.8) is 0 Å². The minimum atomic E-state index is -0.328. The van der Waals surface area contributed by atoms with Crippen LogP contribution < -0.4 is 10.6 Å². The molecule has 2 unspecified atom stereocenters. The zero-order chi connectivity index (χ0) is 19.9. The van der Waals surface area contributed by atoms with Gasteiger partial charge in [-0.3, -0.25) is 9.89 Å². The molecule has 3 rings (SSSR count). The molecule has 0 amide bonds. The lowest BCUT2D eigenvalue weighted by Gasteiger charge is -2.21. The maximum Gasteiger partial charge on any atom is 0.191 e. The van der Waals surface area contributed by atoms with Gasteiger partial charge in [-0.05, 0) is 37.1 Å². The Labute approximate surface area is 165 Å². The molecule has 2 aromatic rings. The highest BCUT2D eigenvalue weighted by atomic mass is 19.1. The van der Waals surface area contributed by atoms with Gasteiger partial charge in [0.1, 0.15) is 5.82 Å². The largest absolute Gasteiger partial charge is 0.352 e. The van der Waals surface area contributed by atoms with Crippen molar-refractivity contribution in [2.45, 2.75) is 38.5 Å². The summed E-state index contributed by atoms with van der Waals surface area (Å²) in [6.45, 7) is 4.37. The van der Waals surface area contributed by atoms with Crippen molar-refractivity contribution >= 4 is 5.96 Å². The molecule has 5 nitrogen and oxygen atoms in total. The second-order valence-electron chi connectivity index (χ2n) is 7.18. The Kier molecular flexibility index (Phi) is 6.62. The van der Waals surface area contributed by atoms with E-state index in [2.05, 4.69) is 51.7 Å². The van der Waals surface area contributed by atoms with Crippen LogP contribution in [0.2, 0.25) is 0 Å². The normalized spacial score (nSPS) is 20.0. The van der Waals surface area contributed by atoms with Crippen LogP contribution in [0.25, 0.3) is 0 Å². The molecule has 2 atom stereocenters. The molecular formula is C22H26FN5. The quantitative estimate of drug-likeness (QED) is 0.619. The molecule has 1 saturated heterocycles. The molecule has 28 heavy (non-hydrogen) atoms. The van der Waals surface area contributed by atoms with Gasteiger partial charge in [-0.1, -0.05) is 30.3 Å². The molecule has 0 radical (unpaired) electrons. The molecular weight excluding hydrogens is 353 g/mol. The van der Waals surface area contributed by atoms with E-state index < -0.39 is 0 Å². The Hall–Kier alpha value is -2.91. The van der Waals surface area contributed by atoms with Crippen molar-refractivity contribution in [3.8, 4) is 6.07 Å². The lowest BCUT2D eigenvalue weighted by atomic mass is 10.1. The van der Waals surface area contributed by atoms with Crippen molar-refractivity contribution in [3.05, 3.63) is 71.0 Å². The van der Waals surface area contributed by atoms with Gasteiger partial charge in [0, 0.05) is 44.3 Å². The smallest absolute Gasteiger partial charge is 0.191 e. The summed E-state index contributed by atoms with van der Waals surface area (Å²) in [4.78, 5) is 6.72. The van der Waals surface area contributed by atoms with Gasteiger partial charge in [-0.25, -0.2) is 4.39 Å². The number of halogens is 1. The maximum atomic E-state index is 14.0. The van der Waals surface area contributed by atoms with Gasteiger partial charge in [0.05, 0.1) is 11.6 Å². The Morgan fingerprint density at radius 2 is 2.07 bits per heavy atom. The molecule has 1 heterocycles. The van der Waals surface area contributed by atoms with Crippen LogP contribution in [0.1, 0.15) is 30.0 Å². The number of aliphatic imine (C=N–C) groups is 1. The molecule has 2 N–H and O–H groups in total. The van der Waals surface area contributed by atoms with Crippen molar-refractivity contribution in [1.29, 1.82) is 5.26 Å². The fraction of sp³-hybridized carbons (Fsp3) is 0.364. The molecule has 0 saturated carbocycles. The minimum absolute atomic E-state index is 0.275. The zero-order valence-electron chi connectivity index (χ0n) is 16.3. The van der Waals surface area contributed by atoms with E-state index in [-0.39, 0.29) is 18.4 Å². The van der Waals surface area contributed by atoms with Crippen LogP contribution in [0.4, 0.5) is 4.39 Å². The van der Waals surface area contributed by atoms with E-state index in [1.54, 1.807) is 13.1 Å². The van der Waals surface area contributed by atoms with Crippen LogP contribution in [0.3, 0.4) is 0 Å². The van der Waals surface area contributed by atoms with Crippen LogP contribution in [0, 0.1) is 17.1 Å². The lowest BCUT2D eigenvalue weighted by molar-refractivity contribution is 0.258. The molecule has 0 aliphatic carbocycles. The topological polar surface area (TPSA) is 63.5 Å². The SMILES string of the molecule is CN=C(NCc1cc(C#N)ccc1F)NC1CC(C)N(Cc2ccccc2)C1. The molecule has 1 aliphatic rings. The lowest BCUT2D eigenvalue weighted by Crippen LogP contribution is -2.44. The van der Waals surface area contributed by atoms with Gasteiger partial charge in [-0.2, -0.15) is 5.26 Å². The van der Waals surface area contributed by atoms with Crippen LogP contribution in [-0.4, -0.2) is 36.5 Å². The van der Waals surface area contributed by atoms with E-state index in [4.69, 9.17) is 5.26 Å². The third kappa shape index (κ3) is 5.08. The highest BCUT2D eigenvalue weighted by Gasteiger charge is 2.29. The Morgan fingerprint density at radius 1 is 1.29 bits per heavy atom. The predicted octanol–water partition coefficient (Wildman–Crippen LogP) is 3.03. The van der Waals surface area contributed by atoms with Crippen molar-refractivity contribution in [2.75, 3.05) is 13.6 Å². The first-order valence-corrected chi connectivity index (χ1v) is 9.52. The second-order valence-corrected chi connectivity index (χ2v) is 7.18. The average Bonchev–Trinajstić information content (AvgIpc) is 3.05. The van der Waals surface area contributed by atoms with Crippen LogP contribution >= 0.6 is 0 Å². The number of likely N-dealkylation sites (tertiary alicyclic amines) is 1. The highest BCUT2D eigenvalue weighted by molar-refractivity contribution is 5.80. The van der Waals surface area contributed by atoms with Crippen molar-refractivity contribution in [1.82, 2.24) is 15.5 Å². The summed E-state index contributed by atoms with van der Waals surface area (Å²) in [6.07, 6.45) is 1.02. The van der Waals surface area contributed by atoms with Gasteiger partial charge in [0.2, 0.25) is 0 Å². The fourth-order valence-electron chi connectivity index (χ4n) is 3.59. The van der Waals surface area contributed by atoms with E-state index in [0.29, 0.717) is 23.1 Å². The van der Waals surface area contributed by atoms with Crippen LogP contribution in [0.15, 0.2) is 53.5 Å². The van der Waals surface area contributed by atoms with Gasteiger partial charge in [-0.15, -0.1) is 0 Å². The molecule has 146 valence electrons. The van der Waals surface area contributed by atoms with E-state index in [9.17, 15) is 4.39 Å². The first kappa shape index (κ1) is 19.8. The van der Waals surface area contributed by atoms with Gasteiger partial charge >= 0.3 is 0 Å². The Morgan fingerprint density at radius 3 is 2.79 bits per heavy atom. The van der Waals surface area contributed by atoms with E-state index >= 15 is 0 Å². The Bertz CT molecular complexity index is 859. The molecule has 0 aromatic heterocycles. The number of guanidine groups is 1. The van der Waals surface area contributed by atoms with E-state index in [1.165, 1.54) is 17.7 Å². The molecule has 0 bridgehead atoms. The number of rotatable bonds is 5. The number of benzene rings is 2. The molecule has 6 heteroatoms. The van der Waals surface area contributed by atoms with Crippen molar-refractivity contribution < 1.29 is 4.39 Å². The summed E-state index contributed by atoms with van der Waals surface area (Å²) in [5, 5.41) is 15.6. The molecule has 0 spiro atoms. The number of nitrogens with one attached hydrogen (secondary N) is 2. The fourth-order valence-corrected chi connectivity index (χ4v) is 3.59. The van der Waals surface area contributed by atoms with Gasteiger partial charge in [0.15, 0.2) is 5.96 Å². The molecule has 2 aromatic carbocycles. The maximum absolute atomic E-state index is 14.0. The summed E-state index contributed by atoms with van der Waals surface area (Å²) < 4.78 is 14.0. The average molecular weight is 379 g/mol. The van der Waals surface area contributed by atoms with E-state index in [0.717, 1.165) is 19.5 Å². The summed E-state index contributed by atoms with van der Waals surface area (Å²) >= 11 is 0. The summed E-state index contributed by atoms with van der Waals surface area (Å²) in [7, 11) is 1.71. The van der Waals surface area contributed by atoms with E-state index in [1.807, 2.05) is 12.1 Å². The summed E-state index contributed by atoms with van der Waals surface area (Å²) in [6, 6.07) is 17.6. The van der Waals surface area contributed by atoms with Gasteiger partial charge in [0.25, 0.3) is 0 Å². The second kappa shape index (κ2) is 9.34. The molecule has 1 fully saturated rings. The number of nitrogens with zero attached hydrogens (tertiary/aromatic N) is 3. The van der Waals surface area contributed by atoms with Crippen LogP contribution in [-0.2, 0) is 13.1 Å². The summed E-state index contributed by atoms with van der Waals surface area (Å²) in [5.74, 6) is 0.311. The zero-order valence-corrected chi connectivity index (χ0v) is 16.3. The Balaban J connectivity index is 1.55. The first-order valence-electron chi connectivity index (χ1n) is 9.52. The van der Waals surface area contributed by atoms with Crippen LogP contribution in [0.5, 0.6) is 0 Å². The summed E-state index contributed by atoms with van der Waals surface area (Å²) in [5.41, 5.74) is 2.21. The standard InChI is InChI=1S/C22H26FN5/c1-16-10-20(15-28(16)14-17-6-4-3-5-7-17)27-22(25-2)26-13-19-11-18(12-24)8-9-21(19)23/h3-9,11,16,20H,10,13-15H2,1-2H3,(H2,25,26,27). The third-order valence-electron chi connectivity index (χ3n) is 5.12.